The van der Waals surface area contributed by atoms with Gasteiger partial charge in [0.25, 0.3) is 0 Å². The topological polar surface area (TPSA) is 107 Å². The summed E-state index contributed by atoms with van der Waals surface area (Å²) in [4.78, 5) is 28.2. The molecule has 1 aromatic carbocycles. The van der Waals surface area contributed by atoms with Gasteiger partial charge in [0.2, 0.25) is 11.8 Å². The van der Waals surface area contributed by atoms with Gasteiger partial charge in [-0.2, -0.15) is 10.2 Å². The zero-order valence-electron chi connectivity index (χ0n) is 20.1. The van der Waals surface area contributed by atoms with Crippen molar-refractivity contribution in [2.75, 3.05) is 42.8 Å². The lowest BCUT2D eigenvalue weighted by atomic mass is 9.84. The van der Waals surface area contributed by atoms with Crippen molar-refractivity contribution in [2.24, 2.45) is 0 Å². The van der Waals surface area contributed by atoms with Crippen molar-refractivity contribution < 1.29 is 9.53 Å². The molecule has 1 radical (unpaired) electrons. The Morgan fingerprint density at radius 1 is 1.31 bits per heavy atom. The summed E-state index contributed by atoms with van der Waals surface area (Å²) in [5, 5.41) is 13.4. The van der Waals surface area contributed by atoms with Gasteiger partial charge >= 0.3 is 7.41 Å². The van der Waals surface area contributed by atoms with E-state index in [4.69, 9.17) is 16.3 Å². The van der Waals surface area contributed by atoms with Crippen molar-refractivity contribution in [1.82, 2.24) is 15.0 Å². The van der Waals surface area contributed by atoms with Gasteiger partial charge in [0, 0.05) is 43.5 Å². The lowest BCUT2D eigenvalue weighted by molar-refractivity contribution is 0.400. The number of hydrogen-bond acceptors (Lipinski definition) is 9. The average molecular weight is 489 g/mol. The number of carbonyl (C=O) groups excluding carboxylic acids is 1. The standard InChI is InChI=1S/C24H24BClN7O2/c1-24(2)12-33(25-13-34)20-15(11-27)8-14(9-16(20)24)18-6-7-28-23(29-18)30-19-10-17(26)21(32(3)4)31-22(19)35-5/h6-10,13H,12H2,1-5H3,(H,28,29,30). The highest BCUT2D eigenvalue weighted by Gasteiger charge is 2.37. The van der Waals surface area contributed by atoms with Crippen LogP contribution in [0.15, 0.2) is 30.5 Å². The SMILES string of the molecule is COc1nc(N(C)C)c(Cl)cc1Nc1nccc(-c2cc(C#N)c3c(c2)C(C)(C)CN3[B]C=O)n1. The highest BCUT2D eigenvalue weighted by Crippen LogP contribution is 2.44. The fraction of sp³-hybridized carbons (Fsp3) is 0.292. The van der Waals surface area contributed by atoms with Gasteiger partial charge in [-0.3, -0.25) is 0 Å². The van der Waals surface area contributed by atoms with Crippen LogP contribution in [0, 0.1) is 11.3 Å². The summed E-state index contributed by atoms with van der Waals surface area (Å²) in [6.45, 7) is 4.78. The van der Waals surface area contributed by atoms with E-state index in [0.717, 1.165) is 23.0 Å². The molecule has 3 aromatic rings. The Balaban J connectivity index is 1.74. The monoisotopic (exact) mass is 488 g/mol. The highest BCUT2D eigenvalue weighted by atomic mass is 35.5. The molecule has 177 valence electrons. The van der Waals surface area contributed by atoms with Gasteiger partial charge in [0.1, 0.15) is 17.9 Å². The second-order valence-corrected chi connectivity index (χ2v) is 9.37. The van der Waals surface area contributed by atoms with E-state index in [0.29, 0.717) is 46.2 Å². The van der Waals surface area contributed by atoms with Crippen LogP contribution in [0.5, 0.6) is 5.88 Å². The summed E-state index contributed by atoms with van der Waals surface area (Å²) in [7, 11) is 6.68. The molecule has 9 nitrogen and oxygen atoms in total. The van der Waals surface area contributed by atoms with Crippen LogP contribution in [0.2, 0.25) is 5.02 Å². The summed E-state index contributed by atoms with van der Waals surface area (Å²) in [5.74, 6) is 1.25. The molecule has 0 saturated carbocycles. The van der Waals surface area contributed by atoms with Gasteiger partial charge in [0.15, 0.2) is 5.82 Å². The number of aromatic nitrogens is 3. The lowest BCUT2D eigenvalue weighted by Crippen LogP contribution is -2.32. The van der Waals surface area contributed by atoms with E-state index >= 15 is 0 Å². The number of ether oxygens (including phenoxy) is 1. The third-order valence-corrected chi connectivity index (χ3v) is 6.07. The number of carbonyl (C=O) groups is 1. The minimum Gasteiger partial charge on any atom is -0.479 e. The van der Waals surface area contributed by atoms with E-state index < -0.39 is 0 Å². The predicted octanol–water partition coefficient (Wildman–Crippen LogP) is 3.79. The molecular weight excluding hydrogens is 465 g/mol. The number of halogens is 1. The molecule has 1 N–H and O–H groups in total. The van der Waals surface area contributed by atoms with Gasteiger partial charge in [0.05, 0.1) is 23.4 Å². The molecule has 1 aliphatic rings. The van der Waals surface area contributed by atoms with Crippen LogP contribution < -0.4 is 19.8 Å². The molecule has 11 heteroatoms. The molecule has 0 saturated heterocycles. The molecule has 0 atom stereocenters. The van der Waals surface area contributed by atoms with E-state index in [1.165, 1.54) is 14.5 Å². The van der Waals surface area contributed by atoms with Crippen LogP contribution in [-0.4, -0.2) is 56.3 Å². The smallest absolute Gasteiger partial charge is 0.329 e. The molecule has 0 amide bonds. The normalized spacial score (nSPS) is 13.6. The van der Waals surface area contributed by atoms with Crippen LogP contribution >= 0.6 is 11.6 Å². The number of pyridine rings is 1. The highest BCUT2D eigenvalue weighted by molar-refractivity contribution is 6.70. The Morgan fingerprint density at radius 3 is 2.74 bits per heavy atom. The maximum atomic E-state index is 11.1. The van der Waals surface area contributed by atoms with Gasteiger partial charge in [-0.15, -0.1) is 0 Å². The molecule has 0 fully saturated rings. The van der Waals surface area contributed by atoms with Crippen LogP contribution in [0.4, 0.5) is 23.1 Å². The van der Waals surface area contributed by atoms with Crippen LogP contribution in [0.3, 0.4) is 0 Å². The largest absolute Gasteiger partial charge is 0.479 e. The molecule has 35 heavy (non-hydrogen) atoms. The first-order valence-electron chi connectivity index (χ1n) is 10.8. The summed E-state index contributed by atoms with van der Waals surface area (Å²) in [6.07, 6.45) is 2.38. The van der Waals surface area contributed by atoms with E-state index in [1.54, 1.807) is 29.3 Å². The number of benzene rings is 1. The summed E-state index contributed by atoms with van der Waals surface area (Å²) >= 11 is 6.40. The van der Waals surface area contributed by atoms with Crippen molar-refractivity contribution in [3.63, 3.8) is 0 Å². The number of methoxy groups -OCH3 is 1. The zero-order chi connectivity index (χ0) is 25.3. The molecule has 0 aliphatic carbocycles. The summed E-state index contributed by atoms with van der Waals surface area (Å²) in [5.41, 5.74) is 3.89. The fourth-order valence-electron chi connectivity index (χ4n) is 4.21. The van der Waals surface area contributed by atoms with Gasteiger partial charge in [-0.25, -0.2) is 9.97 Å². The summed E-state index contributed by atoms with van der Waals surface area (Å²) in [6, 6.07) is 9.57. The van der Waals surface area contributed by atoms with E-state index in [2.05, 4.69) is 40.2 Å². The Bertz CT molecular complexity index is 1340. The third kappa shape index (κ3) is 4.59. The zero-order valence-corrected chi connectivity index (χ0v) is 20.9. The second-order valence-electron chi connectivity index (χ2n) is 8.96. The Labute approximate surface area is 210 Å². The molecule has 1 aliphatic heterocycles. The van der Waals surface area contributed by atoms with Crippen molar-refractivity contribution in [3.05, 3.63) is 46.6 Å². The maximum absolute atomic E-state index is 11.1. The average Bonchev–Trinajstić information content (AvgIpc) is 3.08. The van der Waals surface area contributed by atoms with Crippen molar-refractivity contribution in [1.29, 1.82) is 5.26 Å². The number of hydrogen-bond donors (Lipinski definition) is 1. The first-order valence-corrected chi connectivity index (χ1v) is 11.2. The van der Waals surface area contributed by atoms with Crippen molar-refractivity contribution in [2.45, 2.75) is 19.3 Å². The number of rotatable bonds is 7. The number of nitriles is 1. The molecule has 4 rings (SSSR count). The van der Waals surface area contributed by atoms with E-state index in [9.17, 15) is 10.1 Å². The number of fused-ring (bicyclic) bond motifs is 1. The Kier molecular flexibility index (Phi) is 6.54. The van der Waals surface area contributed by atoms with Crippen LogP contribution in [-0.2, 0) is 10.2 Å². The molecule has 3 heterocycles. The molecule has 0 spiro atoms. The molecular formula is C24H24BClN7O2. The lowest BCUT2D eigenvalue weighted by Gasteiger charge is -2.20. The number of anilines is 4. The fourth-order valence-corrected chi connectivity index (χ4v) is 4.53. The Hall–Kier alpha value is -3.84. The minimum absolute atomic E-state index is 0.255. The number of nitrogens with one attached hydrogen (secondary N) is 1. The van der Waals surface area contributed by atoms with Gasteiger partial charge < -0.3 is 24.6 Å². The van der Waals surface area contributed by atoms with Crippen molar-refractivity contribution >= 4 is 48.3 Å². The van der Waals surface area contributed by atoms with Gasteiger partial charge in [-0.1, -0.05) is 25.4 Å². The third-order valence-electron chi connectivity index (χ3n) is 5.79. The first kappa shape index (κ1) is 24.3. The molecule has 0 unspecified atom stereocenters. The molecule has 0 bridgehead atoms. The second kappa shape index (κ2) is 9.43. The van der Waals surface area contributed by atoms with Crippen LogP contribution in [0.25, 0.3) is 11.3 Å². The maximum Gasteiger partial charge on any atom is 0.329 e. The predicted molar refractivity (Wildman–Crippen MR) is 138 cm³/mol. The number of nitrogens with zero attached hydrogens (tertiary/aromatic N) is 6. The van der Waals surface area contributed by atoms with E-state index in [-0.39, 0.29) is 5.41 Å². The van der Waals surface area contributed by atoms with Crippen LogP contribution in [0.1, 0.15) is 25.0 Å². The Morgan fingerprint density at radius 2 is 2.09 bits per heavy atom. The quantitative estimate of drug-likeness (QED) is 0.392. The summed E-state index contributed by atoms with van der Waals surface area (Å²) < 4.78 is 5.43. The molecule has 2 aromatic heterocycles. The van der Waals surface area contributed by atoms with Gasteiger partial charge in [-0.05, 0) is 29.8 Å². The minimum atomic E-state index is -0.255. The first-order chi connectivity index (χ1) is 16.7. The van der Waals surface area contributed by atoms with Crippen molar-refractivity contribution in [3.8, 4) is 23.2 Å². The van der Waals surface area contributed by atoms with E-state index in [1.807, 2.05) is 25.0 Å².